The summed E-state index contributed by atoms with van der Waals surface area (Å²) in [5.74, 6) is 0.993. The number of halogens is 2. The van der Waals surface area contributed by atoms with Crippen LogP contribution in [0.3, 0.4) is 0 Å². The molecule has 30 heavy (non-hydrogen) atoms. The number of carbonyl (C=O) groups excluding carboxylic acids is 1. The highest BCUT2D eigenvalue weighted by Gasteiger charge is 2.37. The van der Waals surface area contributed by atoms with Gasteiger partial charge in [-0.05, 0) is 81.0 Å². The first-order valence-electron chi connectivity index (χ1n) is 10.2. The summed E-state index contributed by atoms with van der Waals surface area (Å²) in [6.45, 7) is 9.19. The zero-order valence-corrected chi connectivity index (χ0v) is 21.5. The van der Waals surface area contributed by atoms with Crippen LogP contribution in [-0.4, -0.2) is 17.6 Å². The first-order chi connectivity index (χ1) is 14.1. The zero-order valence-electron chi connectivity index (χ0n) is 17.5. The lowest BCUT2D eigenvalue weighted by atomic mass is 9.72. The van der Waals surface area contributed by atoms with Gasteiger partial charge < -0.3 is 20.5 Å². The van der Waals surface area contributed by atoms with Crippen LogP contribution < -0.4 is 15.4 Å². The minimum absolute atomic E-state index is 0.0371. The normalized spacial score (nSPS) is 20.8. The Labute approximate surface area is 197 Å². The van der Waals surface area contributed by atoms with E-state index >= 15 is 0 Å². The van der Waals surface area contributed by atoms with E-state index in [1.165, 1.54) is 10.4 Å². The third-order valence-electron chi connectivity index (χ3n) is 6.05. The number of phenols is 1. The molecule has 2 heterocycles. The van der Waals surface area contributed by atoms with Crippen molar-refractivity contribution >= 4 is 54.1 Å². The molecule has 0 unspecified atom stereocenters. The van der Waals surface area contributed by atoms with Gasteiger partial charge >= 0.3 is 0 Å². The molecule has 0 saturated carbocycles. The highest BCUT2D eigenvalue weighted by Crippen LogP contribution is 2.48. The van der Waals surface area contributed by atoms with Gasteiger partial charge in [0.15, 0.2) is 11.5 Å². The maximum atomic E-state index is 13.1. The number of rotatable bonds is 3. The summed E-state index contributed by atoms with van der Waals surface area (Å²) in [7, 11) is 0. The van der Waals surface area contributed by atoms with Gasteiger partial charge in [0.25, 0.3) is 5.91 Å². The quantitative estimate of drug-likeness (QED) is 0.409. The highest BCUT2D eigenvalue weighted by atomic mass is 79.9. The molecular weight excluding hydrogens is 532 g/mol. The van der Waals surface area contributed by atoms with Gasteiger partial charge in [0, 0.05) is 14.9 Å². The van der Waals surface area contributed by atoms with Crippen LogP contribution in [0.25, 0.3) is 0 Å². The molecule has 1 aromatic heterocycles. The number of anilines is 1. The molecule has 0 radical (unpaired) electrons. The maximum Gasteiger partial charge on any atom is 0.256 e. The number of nitrogens with one attached hydrogen (secondary N) is 2. The van der Waals surface area contributed by atoms with Gasteiger partial charge in [-0.3, -0.25) is 4.79 Å². The van der Waals surface area contributed by atoms with Crippen molar-refractivity contribution in [2.24, 2.45) is 11.3 Å². The molecule has 2 aliphatic rings. The Morgan fingerprint density at radius 3 is 2.67 bits per heavy atom. The second-order valence-electron chi connectivity index (χ2n) is 8.94. The first-order valence-corrected chi connectivity index (χ1v) is 12.6. The Kier molecular flexibility index (Phi) is 5.87. The molecule has 1 aliphatic heterocycles. The predicted octanol–water partition coefficient (Wildman–Crippen LogP) is 6.38. The SMILES string of the molecule is CCOc1cc([C@@H]2NC(=O)c3c(sc4c3CC[C@H](C(C)(C)C)C4)N2)c(Br)c(Br)c1O. The number of amides is 1. The number of thiophene rings is 1. The van der Waals surface area contributed by atoms with E-state index in [0.29, 0.717) is 27.2 Å². The molecule has 0 bridgehead atoms. The van der Waals surface area contributed by atoms with E-state index in [1.807, 2.05) is 6.92 Å². The Hall–Kier alpha value is -1.25. The minimum Gasteiger partial charge on any atom is -0.503 e. The Morgan fingerprint density at radius 1 is 1.27 bits per heavy atom. The molecule has 8 heteroatoms. The molecule has 0 spiro atoms. The van der Waals surface area contributed by atoms with E-state index < -0.39 is 6.17 Å². The summed E-state index contributed by atoms with van der Waals surface area (Å²) in [6, 6.07) is 1.76. The molecule has 1 amide bonds. The molecule has 162 valence electrons. The minimum atomic E-state index is -0.422. The van der Waals surface area contributed by atoms with Crippen LogP contribution in [0.5, 0.6) is 11.5 Å². The molecule has 2 aromatic rings. The van der Waals surface area contributed by atoms with Gasteiger partial charge in [0.2, 0.25) is 0 Å². The summed E-state index contributed by atoms with van der Waals surface area (Å²) in [6.07, 6.45) is 2.67. The second-order valence-corrected chi connectivity index (χ2v) is 11.6. The van der Waals surface area contributed by atoms with Crippen LogP contribution in [0, 0.1) is 11.3 Å². The van der Waals surface area contributed by atoms with Crippen molar-refractivity contribution in [3.05, 3.63) is 36.6 Å². The van der Waals surface area contributed by atoms with Crippen LogP contribution in [0.4, 0.5) is 5.00 Å². The Balaban J connectivity index is 1.69. The number of benzene rings is 1. The lowest BCUT2D eigenvalue weighted by Crippen LogP contribution is -2.38. The largest absolute Gasteiger partial charge is 0.503 e. The summed E-state index contributed by atoms with van der Waals surface area (Å²) in [5, 5.41) is 17.9. The van der Waals surface area contributed by atoms with Crippen molar-refractivity contribution in [1.29, 1.82) is 0 Å². The van der Waals surface area contributed by atoms with Crippen LogP contribution in [-0.2, 0) is 12.8 Å². The van der Waals surface area contributed by atoms with Gasteiger partial charge in [0.05, 0.1) is 16.6 Å². The fourth-order valence-corrected chi connectivity index (χ4v) is 6.59. The molecule has 0 saturated heterocycles. The monoisotopic (exact) mass is 556 g/mol. The van der Waals surface area contributed by atoms with Crippen molar-refractivity contribution in [3.8, 4) is 11.5 Å². The third-order valence-corrected chi connectivity index (χ3v) is 9.40. The lowest BCUT2D eigenvalue weighted by molar-refractivity contribution is 0.0934. The maximum absolute atomic E-state index is 13.1. The van der Waals surface area contributed by atoms with E-state index in [1.54, 1.807) is 17.4 Å². The van der Waals surface area contributed by atoms with Crippen molar-refractivity contribution in [1.82, 2.24) is 5.32 Å². The Bertz CT molecular complexity index is 1010. The average Bonchev–Trinajstić information content (AvgIpc) is 3.05. The molecular formula is C22H26Br2N2O3S. The number of ether oxygens (including phenoxy) is 1. The molecule has 3 N–H and O–H groups in total. The standard InChI is InChI=1S/C22H26Br2N2O3S/c1-5-29-13-9-12(16(23)17(24)18(13)27)19-25-20(28)15-11-7-6-10(22(2,3)4)8-14(11)30-21(15)26-19/h9-10,19,26-27H,5-8H2,1-4H3,(H,25,28)/t10-,19+/m0/s1. The summed E-state index contributed by atoms with van der Waals surface area (Å²) in [5.41, 5.74) is 3.07. The topological polar surface area (TPSA) is 70.6 Å². The van der Waals surface area contributed by atoms with E-state index in [2.05, 4.69) is 63.3 Å². The van der Waals surface area contributed by atoms with Crippen molar-refractivity contribution < 1.29 is 14.6 Å². The lowest BCUT2D eigenvalue weighted by Gasteiger charge is -2.34. The van der Waals surface area contributed by atoms with Gasteiger partial charge in [-0.2, -0.15) is 0 Å². The van der Waals surface area contributed by atoms with Gasteiger partial charge in [-0.25, -0.2) is 0 Å². The number of hydrogen-bond acceptors (Lipinski definition) is 5. The summed E-state index contributed by atoms with van der Waals surface area (Å²) >= 11 is 8.68. The van der Waals surface area contributed by atoms with Gasteiger partial charge in [-0.15, -0.1) is 11.3 Å². The molecule has 2 atom stereocenters. The van der Waals surface area contributed by atoms with E-state index in [4.69, 9.17) is 4.74 Å². The molecule has 4 rings (SSSR count). The fraction of sp³-hybridized carbons (Fsp3) is 0.500. The van der Waals surface area contributed by atoms with Crippen LogP contribution in [0.2, 0.25) is 0 Å². The number of aromatic hydroxyl groups is 1. The zero-order chi connectivity index (χ0) is 21.8. The van der Waals surface area contributed by atoms with Crippen molar-refractivity contribution in [3.63, 3.8) is 0 Å². The van der Waals surface area contributed by atoms with Gasteiger partial charge in [-0.1, -0.05) is 20.8 Å². The van der Waals surface area contributed by atoms with Crippen LogP contribution >= 0.6 is 43.2 Å². The number of fused-ring (bicyclic) bond motifs is 3. The third kappa shape index (κ3) is 3.75. The van der Waals surface area contributed by atoms with E-state index in [-0.39, 0.29) is 17.1 Å². The number of hydrogen-bond donors (Lipinski definition) is 3. The molecule has 5 nitrogen and oxygen atoms in total. The smallest absolute Gasteiger partial charge is 0.256 e. The number of phenolic OH excluding ortho intramolecular Hbond substituents is 1. The molecule has 1 aromatic carbocycles. The first kappa shape index (κ1) is 22.0. The fourth-order valence-electron chi connectivity index (χ4n) is 4.28. The van der Waals surface area contributed by atoms with Crippen molar-refractivity contribution in [2.45, 2.75) is 53.1 Å². The molecule has 1 aliphatic carbocycles. The predicted molar refractivity (Wildman–Crippen MR) is 128 cm³/mol. The highest BCUT2D eigenvalue weighted by molar-refractivity contribution is 9.13. The van der Waals surface area contributed by atoms with Gasteiger partial charge in [0.1, 0.15) is 11.2 Å². The average molecular weight is 558 g/mol. The van der Waals surface area contributed by atoms with Crippen LogP contribution in [0.15, 0.2) is 15.0 Å². The van der Waals surface area contributed by atoms with Crippen molar-refractivity contribution in [2.75, 3.05) is 11.9 Å². The summed E-state index contributed by atoms with van der Waals surface area (Å²) in [4.78, 5) is 14.4. The van der Waals surface area contributed by atoms with Crippen LogP contribution in [0.1, 0.15) is 66.6 Å². The van der Waals surface area contributed by atoms with E-state index in [9.17, 15) is 9.90 Å². The van der Waals surface area contributed by atoms with E-state index in [0.717, 1.165) is 35.4 Å². The Morgan fingerprint density at radius 2 is 2.00 bits per heavy atom. The summed E-state index contributed by atoms with van der Waals surface area (Å²) < 4.78 is 6.75. The molecule has 0 fully saturated rings. The number of carbonyl (C=O) groups is 1. The second kappa shape index (κ2) is 8.02.